The predicted octanol–water partition coefficient (Wildman–Crippen LogP) is 5.16. The van der Waals surface area contributed by atoms with Crippen molar-refractivity contribution in [3.05, 3.63) is 93.5 Å². The van der Waals surface area contributed by atoms with Gasteiger partial charge >= 0.3 is 0 Å². The van der Waals surface area contributed by atoms with Crippen LogP contribution in [0, 0.1) is 0 Å². The number of rotatable bonds is 5. The zero-order chi connectivity index (χ0) is 22.2. The molecule has 0 fully saturated rings. The molecule has 5 nitrogen and oxygen atoms in total. The van der Waals surface area contributed by atoms with Crippen LogP contribution in [-0.2, 0) is 23.0 Å². The number of hydrogen-bond donors (Lipinski definition) is 0. The molecule has 1 aliphatic rings. The van der Waals surface area contributed by atoms with Gasteiger partial charge in [0.25, 0.3) is 5.91 Å². The molecule has 0 saturated heterocycles. The lowest BCUT2D eigenvalue weighted by atomic mass is 10.1. The first-order valence-corrected chi connectivity index (χ1v) is 12.3. The zero-order valence-electron chi connectivity index (χ0n) is 16.8. The van der Waals surface area contributed by atoms with Crippen molar-refractivity contribution in [2.24, 2.45) is 0 Å². The van der Waals surface area contributed by atoms with Crippen LogP contribution in [0.5, 0.6) is 0 Å². The van der Waals surface area contributed by atoms with Gasteiger partial charge in [-0.05, 0) is 47.9 Å². The summed E-state index contributed by atoms with van der Waals surface area (Å²) in [6.45, 7) is 0.717. The van der Waals surface area contributed by atoms with E-state index in [2.05, 4.69) is 0 Å². The summed E-state index contributed by atoms with van der Waals surface area (Å²) < 4.78 is 26.1. The maximum absolute atomic E-state index is 13.0. The second-order valence-electron chi connectivity index (χ2n) is 7.38. The summed E-state index contributed by atoms with van der Waals surface area (Å²) in [7, 11) is -3.61. The second kappa shape index (κ2) is 8.54. The van der Waals surface area contributed by atoms with Crippen LogP contribution in [0.25, 0.3) is 0 Å². The molecule has 0 radical (unpaired) electrons. The van der Waals surface area contributed by atoms with E-state index in [0.29, 0.717) is 17.8 Å². The molecule has 0 aromatic heterocycles. The van der Waals surface area contributed by atoms with Crippen LogP contribution in [0.15, 0.2) is 66.7 Å². The highest BCUT2D eigenvalue weighted by molar-refractivity contribution is 7.92. The van der Waals surface area contributed by atoms with Gasteiger partial charge in [0.2, 0.25) is 10.0 Å². The molecule has 1 aliphatic heterocycles. The van der Waals surface area contributed by atoms with Crippen LogP contribution in [0.2, 0.25) is 10.0 Å². The van der Waals surface area contributed by atoms with Gasteiger partial charge < -0.3 is 4.90 Å². The van der Waals surface area contributed by atoms with Gasteiger partial charge in [0.1, 0.15) is 0 Å². The summed E-state index contributed by atoms with van der Waals surface area (Å²) in [6.07, 6.45) is 1.96. The van der Waals surface area contributed by atoms with Crippen molar-refractivity contribution in [3.8, 4) is 0 Å². The number of carbonyl (C=O) groups is 1. The van der Waals surface area contributed by atoms with Crippen molar-refractivity contribution < 1.29 is 13.2 Å². The Morgan fingerprint density at radius 2 is 1.71 bits per heavy atom. The number of amides is 1. The topological polar surface area (TPSA) is 57.7 Å². The lowest BCUT2D eigenvalue weighted by Crippen LogP contribution is -2.30. The summed E-state index contributed by atoms with van der Waals surface area (Å²) in [5, 5.41) is 0.453. The zero-order valence-corrected chi connectivity index (χ0v) is 19.1. The Labute approximate surface area is 191 Å². The first-order chi connectivity index (χ1) is 14.8. The fraction of sp³-hybridized carbons (Fsp3) is 0.174. The van der Waals surface area contributed by atoms with Gasteiger partial charge in [0.05, 0.1) is 28.5 Å². The average molecular weight is 475 g/mol. The maximum Gasteiger partial charge on any atom is 0.258 e. The van der Waals surface area contributed by atoms with Gasteiger partial charge in [0.15, 0.2) is 0 Å². The Bertz CT molecular complexity index is 1240. The fourth-order valence-corrected chi connectivity index (χ4v) is 5.03. The normalized spacial score (nSPS) is 13.2. The van der Waals surface area contributed by atoms with Crippen molar-refractivity contribution >= 4 is 50.5 Å². The third kappa shape index (κ3) is 4.42. The van der Waals surface area contributed by atoms with E-state index in [-0.39, 0.29) is 22.5 Å². The quantitative estimate of drug-likeness (QED) is 0.512. The number of carbonyl (C=O) groups excluding carboxylic acids is 1. The third-order valence-corrected chi connectivity index (χ3v) is 7.20. The predicted molar refractivity (Wildman–Crippen MR) is 126 cm³/mol. The molecule has 8 heteroatoms. The molecule has 1 amide bonds. The van der Waals surface area contributed by atoms with E-state index >= 15 is 0 Å². The Hall–Kier alpha value is -2.54. The van der Waals surface area contributed by atoms with Gasteiger partial charge in [-0.15, -0.1) is 0 Å². The molecule has 31 heavy (non-hydrogen) atoms. The summed E-state index contributed by atoms with van der Waals surface area (Å²) in [5.74, 6) is -0.0747. The molecular weight excluding hydrogens is 455 g/mol. The number of fused-ring (bicyclic) bond motifs is 1. The van der Waals surface area contributed by atoms with E-state index in [1.165, 1.54) is 4.31 Å². The van der Waals surface area contributed by atoms with E-state index in [1.807, 2.05) is 24.3 Å². The Morgan fingerprint density at radius 1 is 1.00 bits per heavy atom. The van der Waals surface area contributed by atoms with Crippen LogP contribution in [0.4, 0.5) is 11.4 Å². The molecule has 0 atom stereocenters. The van der Waals surface area contributed by atoms with Crippen molar-refractivity contribution in [2.75, 3.05) is 22.0 Å². The van der Waals surface area contributed by atoms with E-state index in [1.54, 1.807) is 47.4 Å². The number of para-hydroxylation sites is 1. The standard InChI is InChI=1S/C23H20Cl2N2O3S/c1-31(29,30)27(21-8-4-6-19(24)22(21)25)15-16-9-11-18(12-10-16)23(28)26-14-13-17-5-2-3-7-20(17)26/h2-12H,13-15H2,1H3. The lowest BCUT2D eigenvalue weighted by molar-refractivity contribution is 0.0989. The molecular formula is C23H20Cl2N2O3S. The van der Waals surface area contributed by atoms with Gasteiger partial charge in [-0.3, -0.25) is 9.10 Å². The van der Waals surface area contributed by atoms with E-state index in [0.717, 1.165) is 29.5 Å². The molecule has 0 bridgehead atoms. The molecule has 0 unspecified atom stereocenters. The van der Waals surface area contributed by atoms with Crippen molar-refractivity contribution in [3.63, 3.8) is 0 Å². The van der Waals surface area contributed by atoms with E-state index < -0.39 is 10.0 Å². The highest BCUT2D eigenvalue weighted by Crippen LogP contribution is 2.34. The second-order valence-corrected chi connectivity index (χ2v) is 10.1. The number of sulfonamides is 1. The van der Waals surface area contributed by atoms with Gasteiger partial charge in [0, 0.05) is 17.8 Å². The van der Waals surface area contributed by atoms with Gasteiger partial charge in [-0.1, -0.05) is 59.6 Å². The molecule has 0 saturated carbocycles. The number of nitrogens with zero attached hydrogens (tertiary/aromatic N) is 2. The van der Waals surface area contributed by atoms with Crippen molar-refractivity contribution in [1.82, 2.24) is 0 Å². The fourth-order valence-electron chi connectivity index (χ4n) is 3.69. The molecule has 3 aromatic rings. The summed E-state index contributed by atoms with van der Waals surface area (Å²) in [6, 6.07) is 19.7. The molecule has 0 N–H and O–H groups in total. The average Bonchev–Trinajstić information content (AvgIpc) is 3.18. The van der Waals surface area contributed by atoms with Crippen molar-refractivity contribution in [1.29, 1.82) is 0 Å². The van der Waals surface area contributed by atoms with Gasteiger partial charge in [-0.2, -0.15) is 0 Å². The smallest absolute Gasteiger partial charge is 0.258 e. The largest absolute Gasteiger partial charge is 0.308 e. The van der Waals surface area contributed by atoms with Crippen LogP contribution in [0.1, 0.15) is 21.5 Å². The maximum atomic E-state index is 13.0. The summed E-state index contributed by atoms with van der Waals surface area (Å²) in [5.41, 5.74) is 3.68. The SMILES string of the molecule is CS(=O)(=O)N(Cc1ccc(C(=O)N2CCc3ccccc32)cc1)c1cccc(Cl)c1Cl. The number of benzene rings is 3. The first kappa shape index (κ1) is 21.7. The van der Waals surface area contributed by atoms with Gasteiger partial charge in [-0.25, -0.2) is 8.42 Å². The highest BCUT2D eigenvalue weighted by Gasteiger charge is 2.25. The highest BCUT2D eigenvalue weighted by atomic mass is 35.5. The molecule has 0 spiro atoms. The van der Waals surface area contributed by atoms with Crippen LogP contribution >= 0.6 is 23.2 Å². The van der Waals surface area contributed by atoms with Crippen LogP contribution in [-0.4, -0.2) is 27.1 Å². The van der Waals surface area contributed by atoms with Crippen LogP contribution in [0.3, 0.4) is 0 Å². The number of hydrogen-bond acceptors (Lipinski definition) is 3. The molecule has 160 valence electrons. The minimum Gasteiger partial charge on any atom is -0.308 e. The van der Waals surface area contributed by atoms with E-state index in [9.17, 15) is 13.2 Å². The molecule has 4 rings (SSSR count). The molecule has 0 aliphatic carbocycles. The van der Waals surface area contributed by atoms with Crippen molar-refractivity contribution in [2.45, 2.75) is 13.0 Å². The Kier molecular flexibility index (Phi) is 5.97. The van der Waals surface area contributed by atoms with Crippen LogP contribution < -0.4 is 9.21 Å². The minimum atomic E-state index is -3.61. The monoisotopic (exact) mass is 474 g/mol. The minimum absolute atomic E-state index is 0.0694. The number of halogens is 2. The molecule has 3 aromatic carbocycles. The summed E-state index contributed by atoms with van der Waals surface area (Å²) in [4.78, 5) is 14.8. The lowest BCUT2D eigenvalue weighted by Gasteiger charge is -2.24. The molecule has 1 heterocycles. The summed E-state index contributed by atoms with van der Waals surface area (Å²) >= 11 is 12.3. The van der Waals surface area contributed by atoms with E-state index in [4.69, 9.17) is 23.2 Å². The Morgan fingerprint density at radius 3 is 2.42 bits per heavy atom. The third-order valence-electron chi connectivity index (χ3n) is 5.26. The Balaban J connectivity index is 1.57. The first-order valence-electron chi connectivity index (χ1n) is 9.66. The number of anilines is 2.